The van der Waals surface area contributed by atoms with E-state index < -0.39 is 12.2 Å². The smallest absolute Gasteiger partial charge is 0.411 e. The van der Waals surface area contributed by atoms with E-state index in [9.17, 15) is 9.59 Å². The molecule has 2 N–H and O–H groups in total. The molecule has 0 atom stereocenters. The van der Waals surface area contributed by atoms with E-state index in [1.165, 1.54) is 14.2 Å². The third-order valence-electron chi connectivity index (χ3n) is 3.98. The van der Waals surface area contributed by atoms with Gasteiger partial charge in [0.2, 0.25) is 0 Å². The van der Waals surface area contributed by atoms with Gasteiger partial charge in [0.1, 0.15) is 24.7 Å². The summed E-state index contributed by atoms with van der Waals surface area (Å²) in [6.45, 7) is 8.11. The van der Waals surface area contributed by atoms with Crippen molar-refractivity contribution < 1.29 is 28.5 Å². The Morgan fingerprint density at radius 1 is 0.800 bits per heavy atom. The number of rotatable bonds is 8. The molecule has 0 radical (unpaired) electrons. The average Bonchev–Trinajstić information content (AvgIpc) is 2.72. The highest BCUT2D eigenvalue weighted by molar-refractivity contribution is 5.87. The molecule has 8 heteroatoms. The van der Waals surface area contributed by atoms with E-state index in [-0.39, 0.29) is 13.2 Å². The van der Waals surface area contributed by atoms with Gasteiger partial charge in [-0.1, -0.05) is 18.7 Å². The molecule has 2 amide bonds. The van der Waals surface area contributed by atoms with Gasteiger partial charge in [0.05, 0.1) is 25.6 Å². The first kappa shape index (κ1) is 22.6. The minimum Gasteiger partial charge on any atom is -0.487 e. The van der Waals surface area contributed by atoms with Crippen LogP contribution in [0.15, 0.2) is 48.6 Å². The molecule has 160 valence electrons. The number of nitrogens with one attached hydrogen (secondary N) is 2. The largest absolute Gasteiger partial charge is 0.487 e. The fourth-order valence-corrected chi connectivity index (χ4v) is 2.46. The molecule has 0 aliphatic heterocycles. The maximum atomic E-state index is 11.5. The van der Waals surface area contributed by atoms with Crippen LogP contribution < -0.4 is 20.1 Å². The lowest BCUT2D eigenvalue weighted by molar-refractivity contribution is 0.186. The molecule has 0 bridgehead atoms. The number of ether oxygens (including phenoxy) is 4. The molecule has 2 aromatic carbocycles. The third-order valence-corrected chi connectivity index (χ3v) is 3.98. The van der Waals surface area contributed by atoms with Gasteiger partial charge in [-0.25, -0.2) is 9.59 Å². The fourth-order valence-electron chi connectivity index (χ4n) is 2.46. The van der Waals surface area contributed by atoms with Crippen LogP contribution in [-0.4, -0.2) is 39.6 Å². The lowest BCUT2D eigenvalue weighted by Crippen LogP contribution is -2.15. The monoisotopic (exact) mass is 414 g/mol. The molecule has 0 fully saturated rings. The van der Waals surface area contributed by atoms with E-state index in [0.29, 0.717) is 28.4 Å². The van der Waals surface area contributed by atoms with Crippen LogP contribution in [0, 0.1) is 13.8 Å². The van der Waals surface area contributed by atoms with Gasteiger partial charge in [-0.05, 0) is 54.8 Å². The SMILES string of the molecule is C=C(COc1ccc(C)cc1NC(=O)OC)COc1ccc(C)cc1NC(=O)OC. The van der Waals surface area contributed by atoms with Crippen LogP contribution in [0.4, 0.5) is 21.0 Å². The molecule has 0 saturated carbocycles. The van der Waals surface area contributed by atoms with E-state index in [4.69, 9.17) is 9.47 Å². The molecule has 0 aliphatic carbocycles. The topological polar surface area (TPSA) is 95.1 Å². The molecule has 0 spiro atoms. The number of aryl methyl sites for hydroxylation is 2. The van der Waals surface area contributed by atoms with E-state index in [0.717, 1.165) is 11.1 Å². The van der Waals surface area contributed by atoms with Crippen LogP contribution in [0.5, 0.6) is 11.5 Å². The number of carbonyl (C=O) groups is 2. The van der Waals surface area contributed by atoms with Gasteiger partial charge in [0.25, 0.3) is 0 Å². The fraction of sp³-hybridized carbons (Fsp3) is 0.273. The van der Waals surface area contributed by atoms with Crippen LogP contribution in [-0.2, 0) is 9.47 Å². The standard InChI is InChI=1S/C22H26N2O6/c1-14-6-8-19(17(10-14)23-21(25)27-4)29-12-16(3)13-30-20-9-7-15(2)11-18(20)24-22(26)28-5/h6-11H,3,12-13H2,1-2,4-5H3,(H,23,25)(H,24,26). The van der Waals surface area contributed by atoms with Gasteiger partial charge in [0, 0.05) is 0 Å². The first-order chi connectivity index (χ1) is 14.3. The quantitative estimate of drug-likeness (QED) is 0.610. The molecule has 0 saturated heterocycles. The molecule has 0 unspecified atom stereocenters. The Morgan fingerprint density at radius 2 is 1.20 bits per heavy atom. The van der Waals surface area contributed by atoms with Crippen molar-refractivity contribution in [1.29, 1.82) is 0 Å². The molecular weight excluding hydrogens is 388 g/mol. The Balaban J connectivity index is 1.98. The summed E-state index contributed by atoms with van der Waals surface area (Å²) in [4.78, 5) is 23.1. The highest BCUT2D eigenvalue weighted by Gasteiger charge is 2.11. The van der Waals surface area contributed by atoms with Crippen LogP contribution in [0.2, 0.25) is 0 Å². The zero-order valence-electron chi connectivity index (χ0n) is 17.5. The predicted molar refractivity (Wildman–Crippen MR) is 115 cm³/mol. The van der Waals surface area contributed by atoms with Crippen molar-refractivity contribution in [3.05, 3.63) is 59.7 Å². The Labute approximate surface area is 175 Å². The van der Waals surface area contributed by atoms with E-state index >= 15 is 0 Å². The van der Waals surface area contributed by atoms with Gasteiger partial charge in [-0.15, -0.1) is 0 Å². The maximum absolute atomic E-state index is 11.5. The van der Waals surface area contributed by atoms with E-state index in [2.05, 4.69) is 26.7 Å². The number of benzene rings is 2. The second-order valence-electron chi connectivity index (χ2n) is 6.56. The molecule has 8 nitrogen and oxygen atoms in total. The number of hydrogen-bond donors (Lipinski definition) is 2. The number of hydrogen-bond acceptors (Lipinski definition) is 6. The van der Waals surface area contributed by atoms with Crippen LogP contribution in [0.1, 0.15) is 11.1 Å². The minimum atomic E-state index is -0.586. The zero-order valence-corrected chi connectivity index (χ0v) is 17.5. The summed E-state index contributed by atoms with van der Waals surface area (Å²) in [6, 6.07) is 10.8. The Morgan fingerprint density at radius 3 is 1.57 bits per heavy atom. The highest BCUT2D eigenvalue weighted by atomic mass is 16.5. The number of amides is 2. The van der Waals surface area contributed by atoms with Crippen LogP contribution >= 0.6 is 0 Å². The zero-order chi connectivity index (χ0) is 22.1. The lowest BCUT2D eigenvalue weighted by Gasteiger charge is -2.16. The van der Waals surface area contributed by atoms with Gasteiger partial charge >= 0.3 is 12.2 Å². The molecule has 0 aromatic heterocycles. The summed E-state index contributed by atoms with van der Waals surface area (Å²) in [5.74, 6) is 0.964. The van der Waals surface area contributed by atoms with Crippen molar-refractivity contribution in [1.82, 2.24) is 0 Å². The molecule has 30 heavy (non-hydrogen) atoms. The second-order valence-corrected chi connectivity index (χ2v) is 6.56. The van der Waals surface area contributed by atoms with Crippen LogP contribution in [0.3, 0.4) is 0 Å². The van der Waals surface area contributed by atoms with Gasteiger partial charge in [-0.3, -0.25) is 10.6 Å². The number of carbonyl (C=O) groups excluding carboxylic acids is 2. The summed E-state index contributed by atoms with van der Waals surface area (Å²) >= 11 is 0. The number of anilines is 2. The van der Waals surface area contributed by atoms with Crippen molar-refractivity contribution in [3.63, 3.8) is 0 Å². The van der Waals surface area contributed by atoms with Crippen molar-refractivity contribution in [2.45, 2.75) is 13.8 Å². The second kappa shape index (κ2) is 10.8. The summed E-state index contributed by atoms with van der Waals surface area (Å²) in [5.41, 5.74) is 3.57. The molecular formula is C22H26N2O6. The van der Waals surface area contributed by atoms with Crippen molar-refractivity contribution in [2.75, 3.05) is 38.1 Å². The normalized spacial score (nSPS) is 10.0. The van der Waals surface area contributed by atoms with Crippen molar-refractivity contribution >= 4 is 23.6 Å². The Hall–Kier alpha value is -3.68. The Bertz CT molecular complexity index is 852. The van der Waals surface area contributed by atoms with Gasteiger partial charge in [0.15, 0.2) is 0 Å². The Kier molecular flexibility index (Phi) is 8.10. The minimum absolute atomic E-state index is 0.171. The molecule has 0 heterocycles. The van der Waals surface area contributed by atoms with Gasteiger partial charge in [-0.2, -0.15) is 0 Å². The number of methoxy groups -OCH3 is 2. The van der Waals surface area contributed by atoms with Crippen molar-refractivity contribution in [2.24, 2.45) is 0 Å². The molecule has 2 aromatic rings. The summed E-state index contributed by atoms with van der Waals surface area (Å²) < 4.78 is 20.8. The average molecular weight is 414 g/mol. The predicted octanol–water partition coefficient (Wildman–Crippen LogP) is 4.67. The summed E-state index contributed by atoms with van der Waals surface area (Å²) in [5, 5.41) is 5.24. The van der Waals surface area contributed by atoms with Gasteiger partial charge < -0.3 is 18.9 Å². The lowest BCUT2D eigenvalue weighted by atomic mass is 10.2. The maximum Gasteiger partial charge on any atom is 0.411 e. The molecule has 0 aliphatic rings. The van der Waals surface area contributed by atoms with E-state index in [1.807, 2.05) is 26.0 Å². The third kappa shape index (κ3) is 6.73. The molecule has 2 rings (SSSR count). The summed E-state index contributed by atoms with van der Waals surface area (Å²) in [7, 11) is 2.58. The summed E-state index contributed by atoms with van der Waals surface area (Å²) in [6.07, 6.45) is -1.17. The van der Waals surface area contributed by atoms with E-state index in [1.54, 1.807) is 24.3 Å². The first-order valence-corrected chi connectivity index (χ1v) is 9.16. The first-order valence-electron chi connectivity index (χ1n) is 9.16. The van der Waals surface area contributed by atoms with Crippen LogP contribution in [0.25, 0.3) is 0 Å². The van der Waals surface area contributed by atoms with Crippen molar-refractivity contribution in [3.8, 4) is 11.5 Å². The highest BCUT2D eigenvalue weighted by Crippen LogP contribution is 2.28.